The number of piperidine rings is 1. The summed E-state index contributed by atoms with van der Waals surface area (Å²) in [5, 5.41) is 2.97. The fraction of sp³-hybridized carbons (Fsp3) is 0.529. The Bertz CT molecular complexity index is 679. The second kappa shape index (κ2) is 7.91. The van der Waals surface area contributed by atoms with Crippen LogP contribution in [-0.4, -0.2) is 41.6 Å². The van der Waals surface area contributed by atoms with Crippen LogP contribution in [0, 0.1) is 5.82 Å². The molecular formula is C17H21BrClFN2O3. The molecule has 0 saturated carbocycles. The molecule has 1 aliphatic rings. The molecule has 1 fully saturated rings. The van der Waals surface area contributed by atoms with Crippen LogP contribution >= 0.6 is 27.5 Å². The van der Waals surface area contributed by atoms with Crippen LogP contribution in [0.2, 0.25) is 5.02 Å². The highest BCUT2D eigenvalue weighted by atomic mass is 79.9. The Morgan fingerprint density at radius 2 is 2.08 bits per heavy atom. The minimum absolute atomic E-state index is 0.0470. The maximum Gasteiger partial charge on any atom is 0.407 e. The third-order valence-corrected chi connectivity index (χ3v) is 4.87. The molecule has 1 N–H and O–H groups in total. The van der Waals surface area contributed by atoms with Gasteiger partial charge < -0.3 is 15.0 Å². The lowest BCUT2D eigenvalue weighted by Crippen LogP contribution is -2.50. The first-order valence-electron chi connectivity index (χ1n) is 8.00. The highest BCUT2D eigenvalue weighted by molar-refractivity contribution is 9.10. The summed E-state index contributed by atoms with van der Waals surface area (Å²) in [6.07, 6.45) is 0.922. The lowest BCUT2D eigenvalue weighted by Gasteiger charge is -2.33. The molecule has 0 bridgehead atoms. The van der Waals surface area contributed by atoms with E-state index in [-0.39, 0.29) is 16.6 Å². The summed E-state index contributed by atoms with van der Waals surface area (Å²) in [7, 11) is 0. The van der Waals surface area contributed by atoms with E-state index in [0.29, 0.717) is 24.0 Å². The summed E-state index contributed by atoms with van der Waals surface area (Å²) in [6, 6.07) is 2.26. The molecule has 5 nitrogen and oxygen atoms in total. The van der Waals surface area contributed by atoms with Crippen molar-refractivity contribution in [2.75, 3.05) is 13.1 Å². The van der Waals surface area contributed by atoms with Crippen molar-refractivity contribution < 1.29 is 18.7 Å². The number of benzene rings is 1. The lowest BCUT2D eigenvalue weighted by atomic mass is 10.0. The Hall–Kier alpha value is -1.34. The van der Waals surface area contributed by atoms with E-state index in [4.69, 9.17) is 16.3 Å². The summed E-state index contributed by atoms with van der Waals surface area (Å²) < 4.78 is 19.8. The fourth-order valence-corrected chi connectivity index (χ4v) is 3.10. The number of carbonyl (C=O) groups is 2. The average Bonchev–Trinajstić information content (AvgIpc) is 2.48. The number of ether oxygens (including phenoxy) is 1. The van der Waals surface area contributed by atoms with Crippen molar-refractivity contribution in [2.24, 2.45) is 0 Å². The number of likely N-dealkylation sites (tertiary alicyclic amines) is 1. The zero-order valence-electron chi connectivity index (χ0n) is 14.4. The maximum atomic E-state index is 14.1. The van der Waals surface area contributed by atoms with Crippen molar-refractivity contribution in [1.29, 1.82) is 0 Å². The predicted molar refractivity (Wildman–Crippen MR) is 97.4 cm³/mol. The molecular weight excluding hydrogens is 415 g/mol. The monoisotopic (exact) mass is 434 g/mol. The second-order valence-corrected chi connectivity index (χ2v) is 8.24. The number of rotatable bonds is 2. The van der Waals surface area contributed by atoms with Gasteiger partial charge in [0.15, 0.2) is 0 Å². The Morgan fingerprint density at radius 1 is 1.40 bits per heavy atom. The van der Waals surface area contributed by atoms with Gasteiger partial charge in [0, 0.05) is 23.6 Å². The molecule has 1 heterocycles. The molecule has 0 aliphatic carbocycles. The van der Waals surface area contributed by atoms with E-state index in [0.717, 1.165) is 12.5 Å². The molecule has 0 unspecified atom stereocenters. The molecule has 2 rings (SSSR count). The number of hydrogen-bond acceptors (Lipinski definition) is 3. The molecule has 1 aromatic rings. The summed E-state index contributed by atoms with van der Waals surface area (Å²) >= 11 is 9.04. The number of alkyl carbamates (subject to hydrolysis) is 1. The van der Waals surface area contributed by atoms with Crippen LogP contribution in [0.25, 0.3) is 0 Å². The van der Waals surface area contributed by atoms with Gasteiger partial charge in [-0.05, 0) is 61.7 Å². The van der Waals surface area contributed by atoms with Crippen LogP contribution in [0.5, 0.6) is 0 Å². The first kappa shape index (κ1) is 20.0. The van der Waals surface area contributed by atoms with Gasteiger partial charge in [-0.1, -0.05) is 11.6 Å². The first-order chi connectivity index (χ1) is 11.6. The van der Waals surface area contributed by atoms with Gasteiger partial charge >= 0.3 is 6.09 Å². The zero-order chi connectivity index (χ0) is 18.8. The Kier molecular flexibility index (Phi) is 6.32. The molecule has 1 saturated heterocycles. The van der Waals surface area contributed by atoms with E-state index in [2.05, 4.69) is 21.2 Å². The summed E-state index contributed by atoms with van der Waals surface area (Å²) in [5.74, 6) is -1.09. The van der Waals surface area contributed by atoms with Crippen LogP contribution < -0.4 is 5.32 Å². The smallest absolute Gasteiger partial charge is 0.407 e. The molecule has 0 radical (unpaired) electrons. The number of carbonyl (C=O) groups excluding carboxylic acids is 2. The number of halogens is 3. The molecule has 0 spiro atoms. The van der Waals surface area contributed by atoms with Crippen molar-refractivity contribution in [2.45, 2.75) is 45.3 Å². The van der Waals surface area contributed by atoms with Crippen LogP contribution in [0.1, 0.15) is 44.0 Å². The van der Waals surface area contributed by atoms with Gasteiger partial charge in [0.1, 0.15) is 11.4 Å². The van der Waals surface area contributed by atoms with Crippen molar-refractivity contribution in [3.63, 3.8) is 0 Å². The second-order valence-electron chi connectivity index (χ2n) is 6.98. The van der Waals surface area contributed by atoms with Crippen LogP contribution in [-0.2, 0) is 4.74 Å². The van der Waals surface area contributed by atoms with Gasteiger partial charge in [-0.25, -0.2) is 9.18 Å². The highest BCUT2D eigenvalue weighted by Crippen LogP contribution is 2.27. The van der Waals surface area contributed by atoms with E-state index in [1.165, 1.54) is 11.0 Å². The molecule has 0 aromatic heterocycles. The number of nitrogens with zero attached hydrogens (tertiary/aromatic N) is 1. The standard InChI is InChI=1S/C17H21BrClFN2O3/c1-17(2,3)25-16(24)21-10-5-4-6-22(9-10)15(23)11-7-12(18)13(19)8-14(11)20/h7-8,10H,4-6,9H2,1-3H3,(H,21,24)/t10-/m1/s1. The van der Waals surface area contributed by atoms with E-state index in [1.807, 2.05) is 0 Å². The van der Waals surface area contributed by atoms with E-state index < -0.39 is 23.4 Å². The third-order valence-electron chi connectivity index (χ3n) is 3.67. The Labute approximate surface area is 160 Å². The molecule has 1 aliphatic heterocycles. The number of hydrogen-bond donors (Lipinski definition) is 1. The van der Waals surface area contributed by atoms with Gasteiger partial charge in [-0.3, -0.25) is 4.79 Å². The largest absolute Gasteiger partial charge is 0.444 e. The molecule has 25 heavy (non-hydrogen) atoms. The van der Waals surface area contributed by atoms with Crippen molar-refractivity contribution in [3.05, 3.63) is 33.0 Å². The van der Waals surface area contributed by atoms with Crippen LogP contribution in [0.4, 0.5) is 9.18 Å². The van der Waals surface area contributed by atoms with Gasteiger partial charge in [0.2, 0.25) is 0 Å². The van der Waals surface area contributed by atoms with E-state index in [1.54, 1.807) is 20.8 Å². The number of nitrogens with one attached hydrogen (secondary N) is 1. The third kappa shape index (κ3) is 5.57. The fourth-order valence-electron chi connectivity index (χ4n) is 2.61. The topological polar surface area (TPSA) is 58.6 Å². The molecule has 1 aromatic carbocycles. The normalized spacial score (nSPS) is 18.0. The van der Waals surface area contributed by atoms with Crippen LogP contribution in [0.15, 0.2) is 16.6 Å². The Morgan fingerprint density at radius 3 is 2.72 bits per heavy atom. The van der Waals surface area contributed by atoms with Crippen LogP contribution in [0.3, 0.4) is 0 Å². The summed E-state index contributed by atoms with van der Waals surface area (Å²) in [5.41, 5.74) is -0.637. The highest BCUT2D eigenvalue weighted by Gasteiger charge is 2.28. The summed E-state index contributed by atoms with van der Waals surface area (Å²) in [6.45, 7) is 6.15. The van der Waals surface area contributed by atoms with Crippen molar-refractivity contribution in [1.82, 2.24) is 10.2 Å². The summed E-state index contributed by atoms with van der Waals surface area (Å²) in [4.78, 5) is 26.0. The Balaban J connectivity index is 2.04. The zero-order valence-corrected chi connectivity index (χ0v) is 16.7. The molecule has 8 heteroatoms. The van der Waals surface area contributed by atoms with E-state index in [9.17, 15) is 14.0 Å². The van der Waals surface area contributed by atoms with Crippen molar-refractivity contribution in [3.8, 4) is 0 Å². The minimum Gasteiger partial charge on any atom is -0.444 e. The lowest BCUT2D eigenvalue weighted by molar-refractivity contribution is 0.0451. The minimum atomic E-state index is -0.666. The van der Waals surface area contributed by atoms with Gasteiger partial charge in [0.05, 0.1) is 10.6 Å². The molecule has 138 valence electrons. The predicted octanol–water partition coefficient (Wildman–Crippen LogP) is 4.37. The van der Waals surface area contributed by atoms with Crippen molar-refractivity contribution >= 4 is 39.5 Å². The quantitative estimate of drug-likeness (QED) is 0.702. The maximum absolute atomic E-state index is 14.1. The van der Waals surface area contributed by atoms with Gasteiger partial charge in [-0.2, -0.15) is 0 Å². The van der Waals surface area contributed by atoms with Gasteiger partial charge in [-0.15, -0.1) is 0 Å². The van der Waals surface area contributed by atoms with E-state index >= 15 is 0 Å². The number of amides is 2. The SMILES string of the molecule is CC(C)(C)OC(=O)N[C@@H]1CCCN(C(=O)c2cc(Br)c(Cl)cc2F)C1. The first-order valence-corrected chi connectivity index (χ1v) is 9.17. The molecule has 1 atom stereocenters. The average molecular weight is 436 g/mol. The molecule has 2 amide bonds. The van der Waals surface area contributed by atoms with Gasteiger partial charge in [0.25, 0.3) is 5.91 Å².